The van der Waals surface area contributed by atoms with Crippen LogP contribution in [0.3, 0.4) is 0 Å². The Hall–Kier alpha value is -2.41. The molecule has 1 aliphatic carbocycles. The predicted molar refractivity (Wildman–Crippen MR) is 145 cm³/mol. The van der Waals surface area contributed by atoms with Crippen molar-refractivity contribution in [2.75, 3.05) is 11.1 Å². The first kappa shape index (κ1) is 25.7. The van der Waals surface area contributed by atoms with Crippen molar-refractivity contribution in [2.24, 2.45) is 11.3 Å². The van der Waals surface area contributed by atoms with Crippen molar-refractivity contribution in [2.45, 2.75) is 64.6 Å². The summed E-state index contributed by atoms with van der Waals surface area (Å²) in [4.78, 5) is 15.3. The summed E-state index contributed by atoms with van der Waals surface area (Å²) in [5.41, 5.74) is 2.05. The van der Waals surface area contributed by atoms with Crippen molar-refractivity contribution in [3.63, 3.8) is 0 Å². The highest BCUT2D eigenvalue weighted by molar-refractivity contribution is 7.99. The van der Waals surface area contributed by atoms with Crippen molar-refractivity contribution in [1.29, 1.82) is 5.26 Å². The molecule has 0 spiro atoms. The summed E-state index contributed by atoms with van der Waals surface area (Å²) in [5.74, 6) is 1.53. The minimum absolute atomic E-state index is 0.136. The maximum absolute atomic E-state index is 12.9. The number of carbonyl (C=O) groups excluding carboxylic acids is 1. The van der Waals surface area contributed by atoms with Gasteiger partial charge in [0.15, 0.2) is 5.16 Å². The molecule has 9 heteroatoms. The summed E-state index contributed by atoms with van der Waals surface area (Å²) in [6.07, 6.45) is 6.63. The lowest BCUT2D eigenvalue weighted by molar-refractivity contribution is -0.113. The van der Waals surface area contributed by atoms with Gasteiger partial charge in [0.2, 0.25) is 5.91 Å². The van der Waals surface area contributed by atoms with Gasteiger partial charge in [0.05, 0.1) is 11.3 Å². The molecule has 1 atom stereocenters. The van der Waals surface area contributed by atoms with E-state index in [4.69, 9.17) is 0 Å². The van der Waals surface area contributed by atoms with Crippen LogP contribution < -0.4 is 5.32 Å². The maximum atomic E-state index is 12.9. The van der Waals surface area contributed by atoms with Crippen LogP contribution >= 0.6 is 34.4 Å². The summed E-state index contributed by atoms with van der Waals surface area (Å²) >= 11 is 4.62. The molecule has 0 fully saturated rings. The summed E-state index contributed by atoms with van der Waals surface area (Å²) in [6, 6.07) is 6.46. The van der Waals surface area contributed by atoms with Gasteiger partial charge in [0, 0.05) is 22.7 Å². The van der Waals surface area contributed by atoms with E-state index in [1.165, 1.54) is 21.5 Å². The summed E-state index contributed by atoms with van der Waals surface area (Å²) in [7, 11) is 0. The minimum atomic E-state index is -0.136. The van der Waals surface area contributed by atoms with E-state index in [9.17, 15) is 10.1 Å². The van der Waals surface area contributed by atoms with E-state index in [0.717, 1.165) is 37.1 Å². The quantitative estimate of drug-likeness (QED) is 0.247. The second kappa shape index (κ2) is 11.1. The lowest BCUT2D eigenvalue weighted by Crippen LogP contribution is -2.28. The zero-order valence-corrected chi connectivity index (χ0v) is 22.9. The molecule has 0 saturated carbocycles. The molecule has 1 unspecified atom stereocenters. The van der Waals surface area contributed by atoms with Crippen LogP contribution in [0.15, 0.2) is 35.3 Å². The normalized spacial score (nSPS) is 15.4. The van der Waals surface area contributed by atoms with E-state index in [-0.39, 0.29) is 17.1 Å². The fraction of sp³-hybridized carbons (Fsp3) is 0.462. The lowest BCUT2D eigenvalue weighted by Gasteiger charge is -2.36. The molecule has 4 rings (SSSR count). The maximum Gasteiger partial charge on any atom is 0.235 e. The highest BCUT2D eigenvalue weighted by Gasteiger charge is 2.34. The average Bonchev–Trinajstić information content (AvgIpc) is 3.57. The standard InChI is InChI=1S/C26H31N5OS3/c1-5-11-31-22(14-18-8-7-12-33-18)29-30-25(31)34-16-23(32)28-24-20(15-27)19-10-9-17(13-21(19)35-24)26(3,4)6-2/h5,7-8,12,17H,1,6,9-11,13-14,16H2,2-4H3,(H,28,32). The number of thioether (sulfide) groups is 1. The Bertz CT molecular complexity index is 1230. The van der Waals surface area contributed by atoms with E-state index in [0.29, 0.717) is 34.6 Å². The Morgan fingerprint density at radius 2 is 2.29 bits per heavy atom. The molecule has 0 aliphatic heterocycles. The molecule has 3 heterocycles. The molecule has 35 heavy (non-hydrogen) atoms. The van der Waals surface area contributed by atoms with Gasteiger partial charge in [-0.05, 0) is 47.6 Å². The number of aromatic nitrogens is 3. The number of nitrogens with zero attached hydrogens (tertiary/aromatic N) is 4. The molecule has 184 valence electrons. The van der Waals surface area contributed by atoms with Crippen LogP contribution in [0, 0.1) is 22.7 Å². The molecule has 0 radical (unpaired) electrons. The minimum Gasteiger partial charge on any atom is -0.316 e. The first-order valence-corrected chi connectivity index (χ1v) is 14.6. The first-order chi connectivity index (χ1) is 16.9. The highest BCUT2D eigenvalue weighted by Crippen LogP contribution is 2.45. The molecular formula is C26H31N5OS3. The van der Waals surface area contributed by atoms with Crippen LogP contribution in [0.4, 0.5) is 5.00 Å². The fourth-order valence-electron chi connectivity index (χ4n) is 4.48. The molecule has 1 amide bonds. The van der Waals surface area contributed by atoms with Crippen LogP contribution in [0.2, 0.25) is 0 Å². The number of rotatable bonds is 10. The number of allylic oxidation sites excluding steroid dienone is 1. The third-order valence-electron chi connectivity index (χ3n) is 7.00. The van der Waals surface area contributed by atoms with E-state index < -0.39 is 0 Å². The molecule has 1 aliphatic rings. The van der Waals surface area contributed by atoms with Gasteiger partial charge in [-0.1, -0.05) is 51.1 Å². The number of nitriles is 1. The molecule has 1 N–H and O–H groups in total. The van der Waals surface area contributed by atoms with Crippen LogP contribution in [-0.4, -0.2) is 26.4 Å². The average molecular weight is 526 g/mol. The van der Waals surface area contributed by atoms with Gasteiger partial charge in [0.1, 0.15) is 16.9 Å². The number of hydrogen-bond donors (Lipinski definition) is 1. The monoisotopic (exact) mass is 525 g/mol. The zero-order valence-electron chi connectivity index (χ0n) is 20.5. The predicted octanol–water partition coefficient (Wildman–Crippen LogP) is 6.32. The van der Waals surface area contributed by atoms with E-state index in [1.807, 2.05) is 22.1 Å². The van der Waals surface area contributed by atoms with E-state index in [1.54, 1.807) is 22.7 Å². The van der Waals surface area contributed by atoms with Gasteiger partial charge in [-0.2, -0.15) is 5.26 Å². The number of amides is 1. The Morgan fingerprint density at radius 3 is 2.97 bits per heavy atom. The zero-order chi connectivity index (χ0) is 25.0. The van der Waals surface area contributed by atoms with Crippen LogP contribution in [0.1, 0.15) is 60.3 Å². The van der Waals surface area contributed by atoms with Crippen molar-refractivity contribution in [1.82, 2.24) is 14.8 Å². The van der Waals surface area contributed by atoms with Crippen molar-refractivity contribution < 1.29 is 4.79 Å². The third kappa shape index (κ3) is 5.71. The molecule has 3 aromatic rings. The third-order valence-corrected chi connectivity index (χ3v) is 10.0. The summed E-state index contributed by atoms with van der Waals surface area (Å²) in [6.45, 7) is 11.3. The fourth-order valence-corrected chi connectivity index (χ4v) is 7.24. The van der Waals surface area contributed by atoms with Gasteiger partial charge >= 0.3 is 0 Å². The van der Waals surface area contributed by atoms with E-state index >= 15 is 0 Å². The number of carbonyl (C=O) groups is 1. The lowest BCUT2D eigenvalue weighted by atomic mass is 9.69. The van der Waals surface area contributed by atoms with Gasteiger partial charge < -0.3 is 9.88 Å². The highest BCUT2D eigenvalue weighted by atomic mass is 32.2. The number of thiophene rings is 2. The van der Waals surface area contributed by atoms with Crippen LogP contribution in [-0.2, 0) is 30.6 Å². The second-order valence-corrected chi connectivity index (χ2v) is 12.6. The molecule has 0 bridgehead atoms. The second-order valence-electron chi connectivity index (χ2n) is 9.49. The Labute approximate surface area is 219 Å². The van der Waals surface area contributed by atoms with Crippen molar-refractivity contribution >= 4 is 45.3 Å². The Morgan fingerprint density at radius 1 is 1.46 bits per heavy atom. The number of hydrogen-bond acceptors (Lipinski definition) is 7. The number of anilines is 1. The number of fused-ring (bicyclic) bond motifs is 1. The van der Waals surface area contributed by atoms with Gasteiger partial charge in [-0.15, -0.1) is 39.4 Å². The summed E-state index contributed by atoms with van der Waals surface area (Å²) < 4.78 is 2.00. The van der Waals surface area contributed by atoms with Crippen LogP contribution in [0.5, 0.6) is 0 Å². The largest absolute Gasteiger partial charge is 0.316 e. The first-order valence-electron chi connectivity index (χ1n) is 11.9. The van der Waals surface area contributed by atoms with E-state index in [2.05, 4.69) is 55.0 Å². The van der Waals surface area contributed by atoms with Gasteiger partial charge in [0.25, 0.3) is 0 Å². The van der Waals surface area contributed by atoms with Gasteiger partial charge in [-0.3, -0.25) is 4.79 Å². The number of nitrogens with one attached hydrogen (secondary N) is 1. The molecule has 0 aromatic carbocycles. The Kier molecular flexibility index (Phi) is 8.15. The van der Waals surface area contributed by atoms with Gasteiger partial charge in [-0.25, -0.2) is 0 Å². The topological polar surface area (TPSA) is 83.6 Å². The molecule has 6 nitrogen and oxygen atoms in total. The van der Waals surface area contributed by atoms with Crippen LogP contribution in [0.25, 0.3) is 0 Å². The van der Waals surface area contributed by atoms with Crippen molar-refractivity contribution in [3.05, 3.63) is 56.9 Å². The molecule has 3 aromatic heterocycles. The van der Waals surface area contributed by atoms with Crippen molar-refractivity contribution in [3.8, 4) is 6.07 Å². The molecular weight excluding hydrogens is 495 g/mol. The Balaban J connectivity index is 1.43. The smallest absolute Gasteiger partial charge is 0.235 e. The molecule has 0 saturated heterocycles. The SMILES string of the molecule is C=CCn1c(Cc2cccs2)nnc1SCC(=O)Nc1sc2c(c1C#N)CCC(C(C)(C)CC)C2. The summed E-state index contributed by atoms with van der Waals surface area (Å²) in [5, 5.41) is 24.9.